The van der Waals surface area contributed by atoms with Crippen LogP contribution in [0.25, 0.3) is 0 Å². The number of nitrogens with zero attached hydrogens (tertiary/aromatic N) is 2. The Kier molecular flexibility index (Phi) is 0.516. The summed E-state index contributed by atoms with van der Waals surface area (Å²) in [6.45, 7) is 0. The summed E-state index contributed by atoms with van der Waals surface area (Å²) in [7, 11) is 0. The highest BCUT2D eigenvalue weighted by molar-refractivity contribution is 5.21. The molecule has 2 aliphatic carbocycles. The molecule has 2 heteroatoms. The van der Waals surface area contributed by atoms with Gasteiger partial charge in [0.25, 0.3) is 0 Å². The molecule has 1 aliphatic heterocycles. The van der Waals surface area contributed by atoms with Crippen LogP contribution in [-0.2, 0) is 0 Å². The lowest BCUT2D eigenvalue weighted by molar-refractivity contribution is 0.379. The molecule has 0 amide bonds. The Morgan fingerprint density at radius 3 is 1.89 bits per heavy atom. The van der Waals surface area contributed by atoms with E-state index in [1.165, 1.54) is 6.42 Å². The van der Waals surface area contributed by atoms with Gasteiger partial charge in [-0.1, -0.05) is 12.2 Å². The van der Waals surface area contributed by atoms with E-state index < -0.39 is 0 Å². The highest BCUT2D eigenvalue weighted by Gasteiger charge is 2.49. The van der Waals surface area contributed by atoms with Gasteiger partial charge in [0.05, 0.1) is 0 Å². The molecule has 2 bridgehead atoms. The first-order valence-electron chi connectivity index (χ1n) is 3.53. The Morgan fingerprint density at radius 2 is 1.56 bits per heavy atom. The SMILES string of the molecule is C1=C[C@H]2C[C@@H]1[C@@H]1N=N[C@@H]12. The molecule has 1 fully saturated rings. The zero-order valence-corrected chi connectivity index (χ0v) is 5.07. The number of fused-ring (bicyclic) bond motifs is 5. The fourth-order valence-corrected chi connectivity index (χ4v) is 2.16. The van der Waals surface area contributed by atoms with Crippen molar-refractivity contribution in [2.45, 2.75) is 18.5 Å². The van der Waals surface area contributed by atoms with E-state index in [2.05, 4.69) is 22.4 Å². The summed E-state index contributed by atoms with van der Waals surface area (Å²) in [5.74, 6) is 1.52. The summed E-state index contributed by atoms with van der Waals surface area (Å²) in [6, 6.07) is 1.19. The van der Waals surface area contributed by atoms with Crippen molar-refractivity contribution < 1.29 is 0 Å². The molecule has 2 nitrogen and oxygen atoms in total. The lowest BCUT2D eigenvalue weighted by atomic mass is 9.95. The van der Waals surface area contributed by atoms with Crippen LogP contribution in [0, 0.1) is 11.8 Å². The van der Waals surface area contributed by atoms with Gasteiger partial charge in [-0.05, 0) is 6.42 Å². The van der Waals surface area contributed by atoms with Gasteiger partial charge in [0.2, 0.25) is 0 Å². The Morgan fingerprint density at radius 1 is 1.00 bits per heavy atom. The number of hydrogen-bond donors (Lipinski definition) is 0. The Labute approximate surface area is 53.7 Å². The smallest absolute Gasteiger partial charge is 0.102 e. The van der Waals surface area contributed by atoms with E-state index in [0.717, 1.165) is 11.8 Å². The van der Waals surface area contributed by atoms with Crippen LogP contribution in [0.2, 0.25) is 0 Å². The van der Waals surface area contributed by atoms with Crippen LogP contribution in [0.3, 0.4) is 0 Å². The van der Waals surface area contributed by atoms with Crippen LogP contribution in [0.5, 0.6) is 0 Å². The van der Waals surface area contributed by atoms with Gasteiger partial charge >= 0.3 is 0 Å². The molecule has 46 valence electrons. The summed E-state index contributed by atoms with van der Waals surface area (Å²) < 4.78 is 0. The van der Waals surface area contributed by atoms with E-state index in [4.69, 9.17) is 0 Å². The van der Waals surface area contributed by atoms with Crippen LogP contribution in [-0.4, -0.2) is 12.1 Å². The predicted molar refractivity (Wildman–Crippen MR) is 33.2 cm³/mol. The standard InChI is InChI=1S/C7H8N2/c1-2-5-3-4(1)6-7(5)9-8-6/h1-2,4-7H,3H2/t4-,5+,6+,7-. The minimum atomic E-state index is 0.597. The monoisotopic (exact) mass is 120 g/mol. The third kappa shape index (κ3) is 0.326. The highest BCUT2D eigenvalue weighted by atomic mass is 15.3. The number of hydrogen-bond acceptors (Lipinski definition) is 2. The summed E-state index contributed by atoms with van der Waals surface area (Å²) in [5.41, 5.74) is 0. The molecule has 1 heterocycles. The summed E-state index contributed by atoms with van der Waals surface area (Å²) >= 11 is 0. The van der Waals surface area contributed by atoms with E-state index in [1.807, 2.05) is 0 Å². The number of rotatable bonds is 0. The van der Waals surface area contributed by atoms with Gasteiger partial charge in [0.1, 0.15) is 12.1 Å². The van der Waals surface area contributed by atoms with Crippen molar-refractivity contribution in [2.24, 2.45) is 22.1 Å². The zero-order valence-electron chi connectivity index (χ0n) is 5.07. The van der Waals surface area contributed by atoms with Gasteiger partial charge in [-0.3, -0.25) is 0 Å². The van der Waals surface area contributed by atoms with Gasteiger partial charge in [0, 0.05) is 11.8 Å². The minimum Gasteiger partial charge on any atom is -0.187 e. The van der Waals surface area contributed by atoms with Crippen LogP contribution in [0.15, 0.2) is 22.4 Å². The third-order valence-corrected chi connectivity index (χ3v) is 2.71. The fourth-order valence-electron chi connectivity index (χ4n) is 2.16. The van der Waals surface area contributed by atoms with E-state index in [-0.39, 0.29) is 0 Å². The molecule has 0 aromatic rings. The molecule has 3 rings (SSSR count). The molecule has 9 heavy (non-hydrogen) atoms. The van der Waals surface area contributed by atoms with Crippen molar-refractivity contribution in [1.82, 2.24) is 0 Å². The summed E-state index contributed by atoms with van der Waals surface area (Å²) in [4.78, 5) is 0. The van der Waals surface area contributed by atoms with E-state index in [1.54, 1.807) is 0 Å². The van der Waals surface area contributed by atoms with Crippen molar-refractivity contribution in [3.05, 3.63) is 12.2 Å². The van der Waals surface area contributed by atoms with Crippen molar-refractivity contribution in [2.75, 3.05) is 0 Å². The molecule has 0 N–H and O–H groups in total. The Bertz CT molecular complexity index is 183. The Balaban J connectivity index is 2.10. The third-order valence-electron chi connectivity index (χ3n) is 2.71. The second-order valence-corrected chi connectivity index (χ2v) is 3.16. The predicted octanol–water partition coefficient (Wildman–Crippen LogP) is 1.40. The molecule has 0 radical (unpaired) electrons. The average molecular weight is 120 g/mol. The molecular weight excluding hydrogens is 112 g/mol. The minimum absolute atomic E-state index is 0.597. The Hall–Kier alpha value is -0.660. The van der Waals surface area contributed by atoms with E-state index in [0.29, 0.717) is 12.1 Å². The van der Waals surface area contributed by atoms with Crippen molar-refractivity contribution in [3.63, 3.8) is 0 Å². The molecule has 0 saturated heterocycles. The van der Waals surface area contributed by atoms with Crippen LogP contribution in [0.4, 0.5) is 0 Å². The van der Waals surface area contributed by atoms with Crippen LogP contribution in [0.1, 0.15) is 6.42 Å². The van der Waals surface area contributed by atoms with Gasteiger partial charge in [0.15, 0.2) is 0 Å². The first-order chi connectivity index (χ1) is 4.45. The van der Waals surface area contributed by atoms with Crippen molar-refractivity contribution in [3.8, 4) is 0 Å². The first-order valence-corrected chi connectivity index (χ1v) is 3.53. The number of azo groups is 1. The second kappa shape index (κ2) is 1.11. The maximum Gasteiger partial charge on any atom is 0.102 e. The molecule has 1 saturated carbocycles. The molecule has 0 spiro atoms. The van der Waals surface area contributed by atoms with Crippen molar-refractivity contribution in [1.29, 1.82) is 0 Å². The molecule has 4 atom stereocenters. The van der Waals surface area contributed by atoms with E-state index >= 15 is 0 Å². The van der Waals surface area contributed by atoms with Crippen LogP contribution < -0.4 is 0 Å². The van der Waals surface area contributed by atoms with Crippen LogP contribution >= 0.6 is 0 Å². The lowest BCUT2D eigenvalue weighted by Crippen LogP contribution is -2.33. The molecule has 0 aromatic carbocycles. The average Bonchev–Trinajstić information content (AvgIpc) is 2.18. The summed E-state index contributed by atoms with van der Waals surface area (Å²) in [6.07, 6.45) is 5.94. The zero-order chi connectivity index (χ0) is 5.84. The second-order valence-electron chi connectivity index (χ2n) is 3.16. The highest BCUT2D eigenvalue weighted by Crippen LogP contribution is 2.47. The molecule has 0 unspecified atom stereocenters. The van der Waals surface area contributed by atoms with Crippen molar-refractivity contribution >= 4 is 0 Å². The largest absolute Gasteiger partial charge is 0.187 e. The fraction of sp³-hybridized carbons (Fsp3) is 0.714. The summed E-state index contributed by atoms with van der Waals surface area (Å²) in [5, 5.41) is 8.17. The molecule has 0 aromatic heterocycles. The van der Waals surface area contributed by atoms with Gasteiger partial charge in [-0.2, -0.15) is 10.2 Å². The van der Waals surface area contributed by atoms with Gasteiger partial charge < -0.3 is 0 Å². The topological polar surface area (TPSA) is 24.7 Å². The normalized spacial score (nSPS) is 57.8. The maximum absolute atomic E-state index is 4.09. The quantitative estimate of drug-likeness (QED) is 0.432. The maximum atomic E-state index is 4.09. The van der Waals surface area contributed by atoms with E-state index in [9.17, 15) is 0 Å². The first kappa shape index (κ1) is 4.20. The lowest BCUT2D eigenvalue weighted by Gasteiger charge is -2.26. The molecular formula is C7H8N2. The van der Waals surface area contributed by atoms with Gasteiger partial charge in [-0.15, -0.1) is 0 Å². The molecule has 3 aliphatic rings. The van der Waals surface area contributed by atoms with Gasteiger partial charge in [-0.25, -0.2) is 0 Å².